The minimum atomic E-state index is 0.194. The molecule has 11 heavy (non-hydrogen) atoms. The van der Waals surface area contributed by atoms with E-state index in [2.05, 4.69) is 0 Å². The van der Waals surface area contributed by atoms with Gasteiger partial charge in [0, 0.05) is 0 Å². The molecule has 0 aromatic rings. The fourth-order valence-electron chi connectivity index (χ4n) is 1.06. The summed E-state index contributed by atoms with van der Waals surface area (Å²) < 4.78 is 0. The molecule has 0 aliphatic heterocycles. The van der Waals surface area contributed by atoms with Crippen LogP contribution in [0.1, 0.15) is 52.4 Å². The zero-order valence-corrected chi connectivity index (χ0v) is 9.22. The Morgan fingerprint density at radius 2 is 0.818 bits per heavy atom. The van der Waals surface area contributed by atoms with Gasteiger partial charge in [0.2, 0.25) is 0 Å². The lowest BCUT2D eigenvalue weighted by atomic mass is 10.0. The first-order valence-electron chi connectivity index (χ1n) is 4.53. The highest BCUT2D eigenvalue weighted by molar-refractivity contribution is 6.40. The lowest BCUT2D eigenvalue weighted by molar-refractivity contribution is 0.504. The van der Waals surface area contributed by atoms with Gasteiger partial charge in [0.15, 0.2) is 0 Å². The molecule has 1 aliphatic rings. The van der Waals surface area contributed by atoms with Crippen molar-refractivity contribution >= 4 is 23.2 Å². The van der Waals surface area contributed by atoms with Crippen LogP contribution in [0.15, 0.2) is 0 Å². The number of halogens is 2. The molecule has 2 heteroatoms. The van der Waals surface area contributed by atoms with E-state index < -0.39 is 0 Å². The molecular formula is C9H20Cl2. The van der Waals surface area contributed by atoms with E-state index in [0.29, 0.717) is 0 Å². The van der Waals surface area contributed by atoms with Crippen LogP contribution in [0.3, 0.4) is 0 Å². The number of rotatable bonds is 0. The molecule has 0 atom stereocenters. The molecular weight excluding hydrogens is 179 g/mol. The Bertz CT molecular complexity index is 31.3. The van der Waals surface area contributed by atoms with Crippen LogP contribution in [0.5, 0.6) is 0 Å². The molecule has 1 aliphatic carbocycles. The Labute approximate surface area is 81.3 Å². The van der Waals surface area contributed by atoms with Gasteiger partial charge in [-0.2, -0.15) is 0 Å². The van der Waals surface area contributed by atoms with Crippen molar-refractivity contribution in [2.24, 2.45) is 0 Å². The lowest BCUT2D eigenvalue weighted by Crippen LogP contribution is -1.85. The summed E-state index contributed by atoms with van der Waals surface area (Å²) in [6, 6.07) is 0. The predicted molar refractivity (Wildman–Crippen MR) is 55.6 cm³/mol. The van der Waals surface area contributed by atoms with Crippen LogP contribution in [0.2, 0.25) is 0 Å². The summed E-state index contributed by atoms with van der Waals surface area (Å²) in [4.78, 5) is 0. The van der Waals surface area contributed by atoms with Crippen LogP contribution in [0.25, 0.3) is 0 Å². The first-order chi connectivity index (χ1) is 5.41. The Kier molecular flexibility index (Phi) is 21.7. The van der Waals surface area contributed by atoms with Gasteiger partial charge >= 0.3 is 0 Å². The Morgan fingerprint density at radius 3 is 0.909 bits per heavy atom. The molecule has 0 amide bonds. The molecule has 0 heterocycles. The van der Waals surface area contributed by atoms with Crippen LogP contribution in [-0.4, -0.2) is 5.34 Å². The summed E-state index contributed by atoms with van der Waals surface area (Å²) in [6.45, 7) is 4.00. The highest BCUT2D eigenvalue weighted by atomic mass is 35.5. The first-order valence-corrected chi connectivity index (χ1v) is 5.60. The summed E-state index contributed by atoms with van der Waals surface area (Å²) in [6.07, 6.45) is 9.00. The molecule has 0 aromatic carbocycles. The largest absolute Gasteiger partial charge is 0.109 e. The van der Waals surface area contributed by atoms with E-state index >= 15 is 0 Å². The third-order valence-corrected chi connectivity index (χ3v) is 1.50. The van der Waals surface area contributed by atoms with E-state index in [4.69, 9.17) is 23.2 Å². The molecule has 1 saturated carbocycles. The van der Waals surface area contributed by atoms with Gasteiger partial charge in [0.05, 0.1) is 5.34 Å². The summed E-state index contributed by atoms with van der Waals surface area (Å²) >= 11 is 9.53. The average molecular weight is 199 g/mol. The topological polar surface area (TPSA) is 0 Å². The predicted octanol–water partition coefficient (Wildman–Crippen LogP) is 4.79. The standard InChI is InChI=1S/C6H12.C2H6.CH2Cl2/c1-2-4-6-5-3-1;1-2;2-1-3/h1-6H2;1-2H3;1H2. The monoisotopic (exact) mass is 198 g/mol. The van der Waals surface area contributed by atoms with Gasteiger partial charge in [-0.3, -0.25) is 0 Å². The molecule has 0 radical (unpaired) electrons. The van der Waals surface area contributed by atoms with E-state index in [9.17, 15) is 0 Å². The highest BCUT2D eigenvalue weighted by Crippen LogP contribution is 2.15. The average Bonchev–Trinajstić information content (AvgIpc) is 2.12. The molecule has 70 valence electrons. The van der Waals surface area contributed by atoms with E-state index in [1.165, 1.54) is 38.5 Å². The normalized spacial score (nSPS) is 15.3. The van der Waals surface area contributed by atoms with Gasteiger partial charge < -0.3 is 0 Å². The fourth-order valence-corrected chi connectivity index (χ4v) is 1.06. The molecule has 0 nitrogen and oxygen atoms in total. The Hall–Kier alpha value is 0.580. The van der Waals surface area contributed by atoms with Crippen molar-refractivity contribution in [3.8, 4) is 0 Å². The number of alkyl halides is 2. The van der Waals surface area contributed by atoms with Crippen LogP contribution < -0.4 is 0 Å². The van der Waals surface area contributed by atoms with Crippen LogP contribution in [0.4, 0.5) is 0 Å². The van der Waals surface area contributed by atoms with Crippen molar-refractivity contribution in [1.29, 1.82) is 0 Å². The molecule has 1 rings (SSSR count). The second kappa shape index (κ2) is 16.9. The molecule has 0 N–H and O–H groups in total. The quantitative estimate of drug-likeness (QED) is 0.492. The first kappa shape index (κ1) is 14.1. The molecule has 0 saturated heterocycles. The smallest absolute Gasteiger partial charge is 0.0967 e. The van der Waals surface area contributed by atoms with Gasteiger partial charge in [-0.05, 0) is 0 Å². The van der Waals surface area contributed by atoms with E-state index in [-0.39, 0.29) is 5.34 Å². The van der Waals surface area contributed by atoms with Crippen molar-refractivity contribution in [2.45, 2.75) is 52.4 Å². The zero-order valence-electron chi connectivity index (χ0n) is 7.71. The molecule has 0 spiro atoms. The summed E-state index contributed by atoms with van der Waals surface area (Å²) in [5.41, 5.74) is 0. The SMILES string of the molecule is C1CCCCC1.CC.ClCCl. The summed E-state index contributed by atoms with van der Waals surface area (Å²) in [5.74, 6) is 0. The van der Waals surface area contributed by atoms with Crippen LogP contribution in [0, 0.1) is 0 Å². The van der Waals surface area contributed by atoms with Crippen LogP contribution >= 0.6 is 23.2 Å². The Balaban J connectivity index is 0. The number of hydrogen-bond acceptors (Lipinski definition) is 0. The maximum absolute atomic E-state index is 4.76. The summed E-state index contributed by atoms with van der Waals surface area (Å²) in [5, 5.41) is 0.194. The van der Waals surface area contributed by atoms with Crippen molar-refractivity contribution in [3.63, 3.8) is 0 Å². The second-order valence-electron chi connectivity index (χ2n) is 2.22. The van der Waals surface area contributed by atoms with E-state index in [1.807, 2.05) is 13.8 Å². The van der Waals surface area contributed by atoms with Crippen LogP contribution in [-0.2, 0) is 0 Å². The van der Waals surface area contributed by atoms with E-state index in [0.717, 1.165) is 0 Å². The molecule has 0 bridgehead atoms. The lowest BCUT2D eigenvalue weighted by Gasteiger charge is -2.05. The maximum atomic E-state index is 4.76. The zero-order chi connectivity index (χ0) is 8.95. The minimum absolute atomic E-state index is 0.194. The third kappa shape index (κ3) is 18.0. The van der Waals surface area contributed by atoms with Gasteiger partial charge in [-0.1, -0.05) is 52.4 Å². The molecule has 0 unspecified atom stereocenters. The highest BCUT2D eigenvalue weighted by Gasteiger charge is 1.95. The fraction of sp³-hybridized carbons (Fsp3) is 1.00. The Morgan fingerprint density at radius 1 is 0.727 bits per heavy atom. The number of hydrogen-bond donors (Lipinski definition) is 0. The molecule has 1 fully saturated rings. The second-order valence-corrected chi connectivity index (χ2v) is 3.03. The van der Waals surface area contributed by atoms with Gasteiger partial charge in [-0.15, -0.1) is 23.2 Å². The van der Waals surface area contributed by atoms with Crippen molar-refractivity contribution < 1.29 is 0 Å². The minimum Gasteiger partial charge on any atom is -0.109 e. The summed E-state index contributed by atoms with van der Waals surface area (Å²) in [7, 11) is 0. The van der Waals surface area contributed by atoms with Gasteiger partial charge in [0.1, 0.15) is 0 Å². The van der Waals surface area contributed by atoms with Crippen molar-refractivity contribution in [3.05, 3.63) is 0 Å². The van der Waals surface area contributed by atoms with Gasteiger partial charge in [0.25, 0.3) is 0 Å². The van der Waals surface area contributed by atoms with Gasteiger partial charge in [-0.25, -0.2) is 0 Å². The van der Waals surface area contributed by atoms with Crippen molar-refractivity contribution in [2.75, 3.05) is 5.34 Å². The van der Waals surface area contributed by atoms with E-state index in [1.54, 1.807) is 0 Å². The maximum Gasteiger partial charge on any atom is 0.0967 e. The third-order valence-electron chi connectivity index (χ3n) is 1.50. The van der Waals surface area contributed by atoms with Crippen molar-refractivity contribution in [1.82, 2.24) is 0 Å². The molecule has 0 aromatic heterocycles.